The minimum Gasteiger partial charge on any atom is -0.496 e. The van der Waals surface area contributed by atoms with Gasteiger partial charge in [0.25, 0.3) is 11.8 Å². The molecule has 4 aromatic carbocycles. The normalized spacial score (nSPS) is 11.0. The number of nitrogens with zero attached hydrogens (tertiary/aromatic N) is 1. The van der Waals surface area contributed by atoms with E-state index in [1.54, 1.807) is 78.9 Å². The van der Waals surface area contributed by atoms with E-state index in [1.807, 2.05) is 11.4 Å². The Kier molecular flexibility index (Phi) is 12.4. The van der Waals surface area contributed by atoms with Crippen LogP contribution < -0.4 is 30.2 Å². The Hall–Kier alpha value is -5.01. The van der Waals surface area contributed by atoms with E-state index in [-0.39, 0.29) is 17.4 Å². The third kappa shape index (κ3) is 9.36. The van der Waals surface area contributed by atoms with Crippen molar-refractivity contribution in [1.29, 1.82) is 0 Å². The number of halogens is 2. The lowest BCUT2D eigenvalue weighted by molar-refractivity contribution is -0.114. The van der Waals surface area contributed by atoms with E-state index in [0.717, 1.165) is 10.5 Å². The number of carbonyl (C=O) groups is 3. The molecule has 0 atom stereocenters. The fourth-order valence-corrected chi connectivity index (χ4v) is 6.25. The number of carbonyl (C=O) groups excluding carboxylic acids is 3. The van der Waals surface area contributed by atoms with Crippen LogP contribution >= 0.6 is 46.3 Å². The molecular weight excluding hydrogens is 719 g/mol. The second-order valence-electron chi connectivity index (χ2n) is 10.3. The van der Waals surface area contributed by atoms with Crippen molar-refractivity contribution in [3.05, 3.63) is 117 Å². The first-order valence-electron chi connectivity index (χ1n) is 14.8. The van der Waals surface area contributed by atoms with Crippen LogP contribution in [0.1, 0.15) is 15.9 Å². The summed E-state index contributed by atoms with van der Waals surface area (Å²) in [7, 11) is 4.48. The second kappa shape index (κ2) is 17.1. The lowest BCUT2D eigenvalue weighted by Gasteiger charge is -2.15. The smallest absolute Gasteiger partial charge is 0.272 e. The third-order valence-electron chi connectivity index (χ3n) is 7.01. The molecule has 0 spiro atoms. The lowest BCUT2D eigenvalue weighted by Crippen LogP contribution is -2.30. The van der Waals surface area contributed by atoms with E-state index in [9.17, 15) is 14.4 Å². The molecule has 5 rings (SSSR count). The summed E-state index contributed by atoms with van der Waals surface area (Å²) < 4.78 is 16.3. The fraction of sp³-hybridized carbons (Fsp3) is 0.111. The Bertz CT molecular complexity index is 2040. The zero-order valence-electron chi connectivity index (χ0n) is 26.9. The molecule has 0 aliphatic carbocycles. The Morgan fingerprint density at radius 2 is 1.52 bits per heavy atom. The quantitative estimate of drug-likeness (QED) is 0.0811. The molecule has 0 saturated heterocycles. The highest BCUT2D eigenvalue weighted by atomic mass is 35.5. The van der Waals surface area contributed by atoms with Crippen molar-refractivity contribution in [2.75, 3.05) is 37.7 Å². The standard InChI is InChI=1S/C36H30Cl2N4O6S2/c1-46-30-18-32(48-3)31(47-2)17-23(30)16-28(40-34(44)21-7-5-4-6-8-21)35(45)39-24-10-12-25(13-11-24)49-20-33(43)42-36-41-29(19-50-36)22-9-14-26(37)27(38)15-22/h4-19H,20H2,1-3H3,(H,39,45)(H,40,44)(H,41,42,43)/b28-16-. The molecular formula is C36H30Cl2N4O6S2. The minimum absolute atomic E-state index is 0.0380. The molecule has 256 valence electrons. The molecule has 0 aliphatic heterocycles. The number of thioether (sulfide) groups is 1. The van der Waals surface area contributed by atoms with Crippen LogP contribution in [0, 0.1) is 0 Å². The molecule has 3 amide bonds. The molecule has 1 aromatic heterocycles. The highest BCUT2D eigenvalue weighted by molar-refractivity contribution is 8.00. The van der Waals surface area contributed by atoms with Gasteiger partial charge in [-0.25, -0.2) is 4.98 Å². The average molecular weight is 750 g/mol. The number of hydrogen-bond acceptors (Lipinski definition) is 9. The molecule has 0 radical (unpaired) electrons. The predicted molar refractivity (Wildman–Crippen MR) is 200 cm³/mol. The van der Waals surface area contributed by atoms with Gasteiger partial charge < -0.3 is 30.2 Å². The summed E-state index contributed by atoms with van der Waals surface area (Å²) in [6.45, 7) is 0. The zero-order valence-corrected chi connectivity index (χ0v) is 30.1. The molecule has 1 heterocycles. The van der Waals surface area contributed by atoms with Gasteiger partial charge >= 0.3 is 0 Å². The molecule has 0 saturated carbocycles. The number of amides is 3. The first-order chi connectivity index (χ1) is 24.2. The highest BCUT2D eigenvalue weighted by Gasteiger charge is 2.18. The SMILES string of the molecule is COc1cc(OC)c(OC)cc1/C=C(\NC(=O)c1ccccc1)C(=O)Nc1ccc(SCC(=O)Nc2nc(-c3ccc(Cl)c(Cl)c3)cs2)cc1. The Balaban J connectivity index is 1.25. The number of anilines is 2. The summed E-state index contributed by atoms with van der Waals surface area (Å²) in [5.41, 5.74) is 2.74. The fourth-order valence-electron chi connectivity index (χ4n) is 4.52. The molecule has 0 aliphatic rings. The van der Waals surface area contributed by atoms with Gasteiger partial charge in [0, 0.05) is 38.7 Å². The molecule has 14 heteroatoms. The van der Waals surface area contributed by atoms with E-state index in [1.165, 1.54) is 50.5 Å². The van der Waals surface area contributed by atoms with Crippen molar-refractivity contribution in [1.82, 2.24) is 10.3 Å². The first kappa shape index (κ1) is 36.3. The number of rotatable bonds is 13. The van der Waals surface area contributed by atoms with Crippen LogP contribution in [0.25, 0.3) is 17.3 Å². The van der Waals surface area contributed by atoms with Crippen molar-refractivity contribution in [2.45, 2.75) is 4.90 Å². The summed E-state index contributed by atoms with van der Waals surface area (Å²) in [4.78, 5) is 44.6. The predicted octanol–water partition coefficient (Wildman–Crippen LogP) is 8.28. The van der Waals surface area contributed by atoms with Crippen LogP contribution in [-0.2, 0) is 9.59 Å². The molecule has 0 bridgehead atoms. The van der Waals surface area contributed by atoms with Gasteiger partial charge in [0.1, 0.15) is 11.4 Å². The van der Waals surface area contributed by atoms with Gasteiger partial charge in [0.15, 0.2) is 16.6 Å². The van der Waals surface area contributed by atoms with Gasteiger partial charge in [-0.1, -0.05) is 47.5 Å². The Labute approximate surface area is 306 Å². The van der Waals surface area contributed by atoms with Crippen molar-refractivity contribution in [2.24, 2.45) is 0 Å². The summed E-state index contributed by atoms with van der Waals surface area (Å²) >= 11 is 14.8. The summed E-state index contributed by atoms with van der Waals surface area (Å²) in [5, 5.41) is 11.5. The van der Waals surface area contributed by atoms with E-state index in [4.69, 9.17) is 37.4 Å². The molecule has 0 unspecified atom stereocenters. The van der Waals surface area contributed by atoms with Crippen molar-refractivity contribution in [3.63, 3.8) is 0 Å². The number of aromatic nitrogens is 1. The van der Waals surface area contributed by atoms with Gasteiger partial charge in [-0.3, -0.25) is 14.4 Å². The van der Waals surface area contributed by atoms with E-state index >= 15 is 0 Å². The third-order valence-corrected chi connectivity index (χ3v) is 9.52. The zero-order chi connectivity index (χ0) is 35.6. The Morgan fingerprint density at radius 3 is 2.20 bits per heavy atom. The van der Waals surface area contributed by atoms with E-state index in [2.05, 4.69) is 20.9 Å². The van der Waals surface area contributed by atoms with Crippen molar-refractivity contribution < 1.29 is 28.6 Å². The largest absolute Gasteiger partial charge is 0.496 e. The number of ether oxygens (including phenoxy) is 3. The first-order valence-corrected chi connectivity index (χ1v) is 17.4. The van der Waals surface area contributed by atoms with Gasteiger partial charge in [0.2, 0.25) is 5.91 Å². The van der Waals surface area contributed by atoms with Gasteiger partial charge in [-0.15, -0.1) is 23.1 Å². The summed E-state index contributed by atoms with van der Waals surface area (Å²) in [6, 6.07) is 24.0. The summed E-state index contributed by atoms with van der Waals surface area (Å²) in [6.07, 6.45) is 1.50. The number of hydrogen-bond donors (Lipinski definition) is 3. The molecule has 0 fully saturated rings. The van der Waals surface area contributed by atoms with Crippen LogP contribution in [-0.4, -0.2) is 49.8 Å². The van der Waals surface area contributed by atoms with Crippen LogP contribution in [0.2, 0.25) is 10.0 Å². The molecule has 3 N–H and O–H groups in total. The number of thiazole rings is 1. The van der Waals surface area contributed by atoms with Gasteiger partial charge in [-0.05, 0) is 60.7 Å². The lowest BCUT2D eigenvalue weighted by atomic mass is 10.1. The topological polar surface area (TPSA) is 128 Å². The number of methoxy groups -OCH3 is 3. The molecule has 10 nitrogen and oxygen atoms in total. The number of benzene rings is 4. The summed E-state index contributed by atoms with van der Waals surface area (Å²) in [5.74, 6) is 0.114. The average Bonchev–Trinajstić information content (AvgIpc) is 3.60. The van der Waals surface area contributed by atoms with Crippen molar-refractivity contribution in [3.8, 4) is 28.5 Å². The van der Waals surface area contributed by atoms with E-state index < -0.39 is 11.8 Å². The van der Waals surface area contributed by atoms with E-state index in [0.29, 0.717) is 54.9 Å². The minimum atomic E-state index is -0.574. The number of nitrogens with one attached hydrogen (secondary N) is 3. The monoisotopic (exact) mass is 748 g/mol. The van der Waals surface area contributed by atoms with Crippen LogP contribution in [0.4, 0.5) is 10.8 Å². The maximum Gasteiger partial charge on any atom is 0.272 e. The molecule has 5 aromatic rings. The Morgan fingerprint density at radius 1 is 0.820 bits per heavy atom. The molecule has 50 heavy (non-hydrogen) atoms. The maximum absolute atomic E-state index is 13.6. The van der Waals surface area contributed by atoms with Gasteiger partial charge in [-0.2, -0.15) is 0 Å². The van der Waals surface area contributed by atoms with Crippen LogP contribution in [0.5, 0.6) is 17.2 Å². The maximum atomic E-state index is 13.6. The second-order valence-corrected chi connectivity index (χ2v) is 13.0. The highest BCUT2D eigenvalue weighted by Crippen LogP contribution is 2.36. The van der Waals surface area contributed by atoms with Crippen molar-refractivity contribution >= 4 is 80.9 Å². The van der Waals surface area contributed by atoms with Crippen LogP contribution in [0.15, 0.2) is 101 Å². The van der Waals surface area contributed by atoms with Gasteiger partial charge in [0.05, 0.1) is 42.8 Å². The van der Waals surface area contributed by atoms with Crippen LogP contribution in [0.3, 0.4) is 0 Å².